The van der Waals surface area contributed by atoms with Crippen LogP contribution in [0.3, 0.4) is 0 Å². The van der Waals surface area contributed by atoms with E-state index in [2.05, 4.69) is 51.7 Å². The highest BCUT2D eigenvalue weighted by atomic mass is 16.1. The second-order valence-electron chi connectivity index (χ2n) is 7.04. The molecule has 0 aliphatic heterocycles. The van der Waals surface area contributed by atoms with Gasteiger partial charge in [-0.1, -0.05) is 20.8 Å². The zero-order valence-electron chi connectivity index (χ0n) is 14.1. The lowest BCUT2D eigenvalue weighted by Crippen LogP contribution is -2.32. The van der Waals surface area contributed by atoms with Gasteiger partial charge in [0.15, 0.2) is 0 Å². The van der Waals surface area contributed by atoms with E-state index >= 15 is 0 Å². The van der Waals surface area contributed by atoms with E-state index in [4.69, 9.17) is 0 Å². The van der Waals surface area contributed by atoms with E-state index in [-0.39, 0.29) is 23.1 Å². The van der Waals surface area contributed by atoms with Crippen molar-refractivity contribution in [2.24, 2.45) is 0 Å². The van der Waals surface area contributed by atoms with Crippen molar-refractivity contribution in [1.29, 1.82) is 0 Å². The van der Waals surface area contributed by atoms with Crippen LogP contribution in [0.25, 0.3) is 10.9 Å². The van der Waals surface area contributed by atoms with Crippen LogP contribution in [0.4, 0.5) is 0 Å². The Bertz CT molecular complexity index is 703. The van der Waals surface area contributed by atoms with Crippen LogP contribution >= 0.6 is 0 Å². The van der Waals surface area contributed by atoms with Crippen LogP contribution in [0.15, 0.2) is 11.0 Å². The highest BCUT2D eigenvalue weighted by Gasteiger charge is 2.24. The molecule has 0 saturated heterocycles. The Morgan fingerprint density at radius 2 is 1.86 bits per heavy atom. The van der Waals surface area contributed by atoms with Gasteiger partial charge in [0, 0.05) is 5.39 Å². The summed E-state index contributed by atoms with van der Waals surface area (Å²) in [6.07, 6.45) is 2.66. The molecule has 0 N–H and O–H groups in total. The first-order valence-corrected chi connectivity index (χ1v) is 7.69. The van der Waals surface area contributed by atoms with Crippen LogP contribution in [-0.4, -0.2) is 19.6 Å². The van der Waals surface area contributed by atoms with Gasteiger partial charge >= 0.3 is 0 Å². The third kappa shape index (κ3) is 2.61. The molecule has 0 fully saturated rings. The maximum absolute atomic E-state index is 12.9. The molecular formula is C16H26N4O. The minimum absolute atomic E-state index is 0.0452. The number of hydrogen-bond donors (Lipinski definition) is 0. The molecule has 0 unspecified atom stereocenters. The molecule has 0 aromatic carbocycles. The lowest BCUT2D eigenvalue weighted by Gasteiger charge is -2.22. The second kappa shape index (κ2) is 5.28. The smallest absolute Gasteiger partial charge is 0.265 e. The number of rotatable bonds is 3. The van der Waals surface area contributed by atoms with Gasteiger partial charge in [-0.3, -0.25) is 9.48 Å². The Labute approximate surface area is 126 Å². The normalized spacial score (nSPS) is 14.1. The van der Waals surface area contributed by atoms with Crippen LogP contribution < -0.4 is 5.56 Å². The van der Waals surface area contributed by atoms with Crippen molar-refractivity contribution >= 4 is 10.9 Å². The van der Waals surface area contributed by atoms with Gasteiger partial charge in [0.2, 0.25) is 0 Å². The maximum Gasteiger partial charge on any atom is 0.293 e. The third-order valence-electron chi connectivity index (χ3n) is 3.86. The van der Waals surface area contributed by atoms with Gasteiger partial charge in [-0.05, 0) is 40.0 Å². The fourth-order valence-corrected chi connectivity index (χ4v) is 2.47. The van der Waals surface area contributed by atoms with E-state index in [0.717, 1.165) is 17.5 Å². The predicted octanol–water partition coefficient (Wildman–Crippen LogP) is 3.44. The van der Waals surface area contributed by atoms with Crippen molar-refractivity contribution in [1.82, 2.24) is 19.6 Å². The summed E-state index contributed by atoms with van der Waals surface area (Å²) in [6.45, 7) is 14.5. The number of nitrogens with zero attached hydrogens (tertiary/aromatic N) is 4. The number of fused-ring (bicyclic) bond motifs is 1. The Morgan fingerprint density at radius 3 is 2.33 bits per heavy atom. The fourth-order valence-electron chi connectivity index (χ4n) is 2.47. The maximum atomic E-state index is 12.9. The van der Waals surface area contributed by atoms with Gasteiger partial charge in [-0.25, -0.2) is 4.68 Å². The molecule has 0 amide bonds. The Hall–Kier alpha value is -1.65. The van der Waals surface area contributed by atoms with Crippen molar-refractivity contribution in [2.45, 2.75) is 72.4 Å². The summed E-state index contributed by atoms with van der Waals surface area (Å²) in [5, 5.41) is 9.96. The van der Waals surface area contributed by atoms with E-state index < -0.39 is 0 Å². The van der Waals surface area contributed by atoms with Gasteiger partial charge in [-0.2, -0.15) is 10.2 Å². The molecule has 5 nitrogen and oxygen atoms in total. The highest BCUT2D eigenvalue weighted by molar-refractivity contribution is 5.80. The van der Waals surface area contributed by atoms with E-state index in [1.54, 1.807) is 10.9 Å². The lowest BCUT2D eigenvalue weighted by atomic mass is 10.1. The Kier molecular flexibility index (Phi) is 3.95. The molecule has 2 rings (SSSR count). The van der Waals surface area contributed by atoms with Gasteiger partial charge in [0.25, 0.3) is 5.56 Å². The summed E-state index contributed by atoms with van der Waals surface area (Å²) in [5.41, 5.74) is 1.34. The zero-order valence-corrected chi connectivity index (χ0v) is 14.1. The van der Waals surface area contributed by atoms with Crippen molar-refractivity contribution in [3.8, 4) is 0 Å². The summed E-state index contributed by atoms with van der Waals surface area (Å²) in [5.74, 6) is 0.251. The van der Waals surface area contributed by atoms with Crippen molar-refractivity contribution in [2.75, 3.05) is 0 Å². The molecule has 2 aromatic heterocycles. The quantitative estimate of drug-likeness (QED) is 0.870. The van der Waals surface area contributed by atoms with Crippen molar-refractivity contribution < 1.29 is 0 Å². The number of aromatic nitrogens is 4. The average Bonchev–Trinajstić information content (AvgIpc) is 2.83. The van der Waals surface area contributed by atoms with E-state index in [0.29, 0.717) is 5.52 Å². The summed E-state index contributed by atoms with van der Waals surface area (Å²) in [6, 6.07) is 0.0859. The molecule has 5 heteroatoms. The van der Waals surface area contributed by atoms with E-state index in [9.17, 15) is 4.79 Å². The molecule has 0 aliphatic rings. The largest absolute Gasteiger partial charge is 0.293 e. The first-order chi connectivity index (χ1) is 9.68. The zero-order chi connectivity index (χ0) is 15.9. The van der Waals surface area contributed by atoms with Gasteiger partial charge in [0.1, 0.15) is 5.52 Å². The van der Waals surface area contributed by atoms with Gasteiger partial charge in [-0.15, -0.1) is 0 Å². The third-order valence-corrected chi connectivity index (χ3v) is 3.86. The topological polar surface area (TPSA) is 52.7 Å². The molecule has 0 bridgehead atoms. The Morgan fingerprint density at radius 1 is 1.24 bits per heavy atom. The van der Waals surface area contributed by atoms with Gasteiger partial charge < -0.3 is 0 Å². The summed E-state index contributed by atoms with van der Waals surface area (Å²) in [7, 11) is 0. The average molecular weight is 290 g/mol. The highest BCUT2D eigenvalue weighted by Crippen LogP contribution is 2.25. The minimum atomic E-state index is -0.232. The molecule has 116 valence electrons. The Balaban J connectivity index is 2.91. The van der Waals surface area contributed by atoms with Crippen molar-refractivity contribution in [3.63, 3.8) is 0 Å². The molecule has 0 radical (unpaired) electrons. The molecule has 0 spiro atoms. The van der Waals surface area contributed by atoms with Crippen molar-refractivity contribution in [3.05, 3.63) is 22.2 Å². The molecule has 0 saturated carbocycles. The molecule has 1 atom stereocenters. The van der Waals surface area contributed by atoms with E-state index in [1.165, 1.54) is 0 Å². The van der Waals surface area contributed by atoms with Crippen LogP contribution in [0.1, 0.15) is 72.5 Å². The molecule has 21 heavy (non-hydrogen) atoms. The lowest BCUT2D eigenvalue weighted by molar-refractivity contribution is 0.364. The van der Waals surface area contributed by atoms with Crippen LogP contribution in [-0.2, 0) is 5.54 Å². The molecule has 2 heterocycles. The molecular weight excluding hydrogens is 264 g/mol. The SMILES string of the molecule is CC[C@H](C)n1nc(C(C)C)c2cnn(C(C)(C)C)c2c1=O. The summed E-state index contributed by atoms with van der Waals surface area (Å²) >= 11 is 0. The fraction of sp³-hybridized carbons (Fsp3) is 0.688. The summed E-state index contributed by atoms with van der Waals surface area (Å²) in [4.78, 5) is 12.9. The standard InChI is InChI=1S/C16H26N4O/c1-8-11(4)19-15(21)14-12(13(18-19)10(2)3)9-17-20(14)16(5,6)7/h9-11H,8H2,1-7H3/t11-/m0/s1. The second-order valence-corrected chi connectivity index (χ2v) is 7.04. The van der Waals surface area contributed by atoms with Crippen LogP contribution in [0, 0.1) is 0 Å². The first-order valence-electron chi connectivity index (χ1n) is 7.69. The predicted molar refractivity (Wildman–Crippen MR) is 85.9 cm³/mol. The number of hydrogen-bond acceptors (Lipinski definition) is 3. The first kappa shape index (κ1) is 15.7. The van der Waals surface area contributed by atoms with Crippen LogP contribution in [0.5, 0.6) is 0 Å². The van der Waals surface area contributed by atoms with Crippen LogP contribution in [0.2, 0.25) is 0 Å². The molecule has 0 aliphatic carbocycles. The minimum Gasteiger partial charge on any atom is -0.265 e. The monoisotopic (exact) mass is 290 g/mol. The summed E-state index contributed by atoms with van der Waals surface area (Å²) < 4.78 is 3.46. The van der Waals surface area contributed by atoms with E-state index in [1.807, 2.05) is 11.6 Å². The molecule has 2 aromatic rings. The van der Waals surface area contributed by atoms with Gasteiger partial charge in [0.05, 0.1) is 23.5 Å².